The Hall–Kier alpha value is -2.50. The molecule has 1 aromatic rings. The maximum absolute atomic E-state index is 12.5. The number of hydrazine groups is 2. The van der Waals surface area contributed by atoms with Gasteiger partial charge in [-0.1, -0.05) is 11.6 Å². The highest BCUT2D eigenvalue weighted by Gasteiger charge is 2.34. The van der Waals surface area contributed by atoms with Crippen molar-refractivity contribution in [2.75, 3.05) is 26.2 Å². The second-order valence-electron chi connectivity index (χ2n) is 7.79. The van der Waals surface area contributed by atoms with Gasteiger partial charge in [0, 0.05) is 35.5 Å². The summed E-state index contributed by atoms with van der Waals surface area (Å²) in [5, 5.41) is 11.7. The highest BCUT2D eigenvalue weighted by molar-refractivity contribution is 6.68. The largest absolute Gasteiger partial charge is 0.405 e. The van der Waals surface area contributed by atoms with Crippen molar-refractivity contribution in [1.82, 2.24) is 31.2 Å². The van der Waals surface area contributed by atoms with Crippen LogP contribution in [0.25, 0.3) is 5.70 Å². The molecule has 0 unspecified atom stereocenters. The SMILES string of the molecule is C/C(NCC(F)(F)F)=C(\CN1CCC(C2=C3c4cc[nH]c4N=CN3NN2)CC1)C(=N)Cl. The maximum Gasteiger partial charge on any atom is 0.405 e. The van der Waals surface area contributed by atoms with Crippen LogP contribution in [0.4, 0.5) is 19.0 Å². The summed E-state index contributed by atoms with van der Waals surface area (Å²) in [7, 11) is 0. The number of aliphatic imine (C=N–C) groups is 1. The van der Waals surface area contributed by atoms with Crippen molar-refractivity contribution in [3.63, 3.8) is 0 Å². The van der Waals surface area contributed by atoms with Gasteiger partial charge in [-0.15, -0.1) is 5.53 Å². The minimum absolute atomic E-state index is 0.238. The van der Waals surface area contributed by atoms with E-state index in [-0.39, 0.29) is 10.9 Å². The number of allylic oxidation sites excluding steroid dienone is 2. The van der Waals surface area contributed by atoms with Crippen LogP contribution in [-0.4, -0.2) is 58.8 Å². The molecular formula is C19H24ClF3N8. The van der Waals surface area contributed by atoms with E-state index in [2.05, 4.69) is 31.2 Å². The van der Waals surface area contributed by atoms with Gasteiger partial charge in [0.15, 0.2) is 0 Å². The maximum atomic E-state index is 12.5. The standard InChI is InChI=1S/C19H24ClF3N8/c1-11(26-9-19(21,22)23)14(17(20)24)8-30-6-3-12(4-7-30)15-16-13-2-5-25-18(13)27-10-31(16)29-28-15/h2,5,10,12,24-26,28-29H,3-4,6-9H2,1H3/b14-11-,24-17?. The summed E-state index contributed by atoms with van der Waals surface area (Å²) >= 11 is 5.88. The lowest BCUT2D eigenvalue weighted by atomic mass is 9.91. The number of alkyl halides is 3. The number of rotatable bonds is 6. The monoisotopic (exact) mass is 456 g/mol. The molecule has 0 atom stereocenters. The molecule has 1 fully saturated rings. The number of likely N-dealkylation sites (tertiary alicyclic amines) is 1. The fraction of sp³-hybridized carbons (Fsp3) is 0.474. The first-order chi connectivity index (χ1) is 14.7. The molecule has 3 aliphatic heterocycles. The normalized spacial score (nSPS) is 20.4. The van der Waals surface area contributed by atoms with Gasteiger partial charge in [-0.05, 0) is 38.9 Å². The summed E-state index contributed by atoms with van der Waals surface area (Å²) in [5.41, 5.74) is 10.3. The van der Waals surface area contributed by atoms with Gasteiger partial charge in [0.1, 0.15) is 23.9 Å². The minimum atomic E-state index is -4.33. The van der Waals surface area contributed by atoms with Crippen LogP contribution in [0.3, 0.4) is 0 Å². The van der Waals surface area contributed by atoms with Gasteiger partial charge in [-0.3, -0.25) is 10.3 Å². The lowest BCUT2D eigenvalue weighted by molar-refractivity contribution is -0.123. The van der Waals surface area contributed by atoms with Crippen molar-refractivity contribution >= 4 is 34.6 Å². The number of fused-ring (bicyclic) bond motifs is 3. The molecule has 0 spiro atoms. The number of aromatic amines is 1. The average Bonchev–Trinajstić information content (AvgIpc) is 3.36. The Labute approximate surface area is 182 Å². The number of hydrogen-bond donors (Lipinski definition) is 5. The van der Waals surface area contributed by atoms with Gasteiger partial charge >= 0.3 is 6.18 Å². The average molecular weight is 457 g/mol. The van der Waals surface area contributed by atoms with Crippen molar-refractivity contribution in [3.8, 4) is 0 Å². The van der Waals surface area contributed by atoms with Gasteiger partial charge in [0.25, 0.3) is 0 Å². The molecule has 0 aromatic carbocycles. The van der Waals surface area contributed by atoms with Crippen molar-refractivity contribution < 1.29 is 13.2 Å². The molecule has 0 aliphatic carbocycles. The molecule has 168 valence electrons. The lowest BCUT2D eigenvalue weighted by Gasteiger charge is -2.33. The molecule has 0 amide bonds. The number of hydrogen-bond acceptors (Lipinski definition) is 7. The van der Waals surface area contributed by atoms with E-state index in [0.717, 1.165) is 48.7 Å². The Bertz CT molecular complexity index is 940. The molecule has 5 N–H and O–H groups in total. The first-order valence-electron chi connectivity index (χ1n) is 9.97. The second-order valence-corrected chi connectivity index (χ2v) is 8.17. The third-order valence-corrected chi connectivity index (χ3v) is 5.97. The summed E-state index contributed by atoms with van der Waals surface area (Å²) in [6, 6.07) is 2.00. The van der Waals surface area contributed by atoms with Gasteiger partial charge in [0.2, 0.25) is 0 Å². The molecule has 31 heavy (non-hydrogen) atoms. The van der Waals surface area contributed by atoms with Crippen molar-refractivity contribution in [1.29, 1.82) is 5.41 Å². The number of nitrogens with one attached hydrogen (secondary N) is 5. The molecule has 3 aliphatic rings. The first-order valence-corrected chi connectivity index (χ1v) is 10.3. The van der Waals surface area contributed by atoms with E-state index in [1.54, 1.807) is 6.34 Å². The second kappa shape index (κ2) is 8.56. The van der Waals surface area contributed by atoms with E-state index in [1.807, 2.05) is 17.3 Å². The van der Waals surface area contributed by atoms with Crippen LogP contribution in [-0.2, 0) is 0 Å². The van der Waals surface area contributed by atoms with Crippen LogP contribution in [0.15, 0.2) is 34.2 Å². The van der Waals surface area contributed by atoms with Crippen molar-refractivity contribution in [2.24, 2.45) is 10.9 Å². The van der Waals surface area contributed by atoms with E-state index in [1.165, 1.54) is 6.92 Å². The fourth-order valence-corrected chi connectivity index (χ4v) is 4.29. The molecule has 0 bridgehead atoms. The molecule has 8 nitrogen and oxygen atoms in total. The molecule has 4 heterocycles. The Balaban J connectivity index is 1.41. The van der Waals surface area contributed by atoms with Gasteiger partial charge in [-0.2, -0.15) is 13.2 Å². The zero-order valence-corrected chi connectivity index (χ0v) is 17.7. The van der Waals surface area contributed by atoms with Crippen LogP contribution in [0, 0.1) is 11.3 Å². The quantitative estimate of drug-likeness (QED) is 0.424. The number of H-pyrrole nitrogens is 1. The fourth-order valence-electron chi connectivity index (χ4n) is 4.09. The molecular weight excluding hydrogens is 433 g/mol. The van der Waals surface area contributed by atoms with Crippen molar-refractivity contribution in [3.05, 3.63) is 34.8 Å². The third kappa shape index (κ3) is 4.73. The van der Waals surface area contributed by atoms with E-state index in [4.69, 9.17) is 17.0 Å². The van der Waals surface area contributed by atoms with E-state index < -0.39 is 12.7 Å². The summed E-state index contributed by atoms with van der Waals surface area (Å²) in [6.07, 6.45) is 1.00. The van der Waals surface area contributed by atoms with Gasteiger partial charge in [-0.25, -0.2) is 10.0 Å². The predicted octanol–water partition coefficient (Wildman–Crippen LogP) is 3.04. The molecule has 4 rings (SSSR count). The summed E-state index contributed by atoms with van der Waals surface area (Å²) in [5.74, 6) is 1.12. The molecule has 0 saturated carbocycles. The van der Waals surface area contributed by atoms with Crippen LogP contribution in [0.2, 0.25) is 0 Å². The van der Waals surface area contributed by atoms with E-state index in [0.29, 0.717) is 18.0 Å². The zero-order chi connectivity index (χ0) is 22.2. The third-order valence-electron chi connectivity index (χ3n) is 5.74. The molecule has 12 heteroatoms. The summed E-state index contributed by atoms with van der Waals surface area (Å²) in [6.45, 7) is 2.21. The molecule has 1 aromatic heterocycles. The Kier molecular flexibility index (Phi) is 6.00. The predicted molar refractivity (Wildman–Crippen MR) is 113 cm³/mol. The highest BCUT2D eigenvalue weighted by atomic mass is 35.5. The Morgan fingerprint density at radius 3 is 2.77 bits per heavy atom. The summed E-state index contributed by atoms with van der Waals surface area (Å²) < 4.78 is 37.5. The number of nitrogens with zero attached hydrogens (tertiary/aromatic N) is 3. The molecule has 0 radical (unpaired) electrons. The Morgan fingerprint density at radius 1 is 1.35 bits per heavy atom. The number of halogens is 4. The summed E-state index contributed by atoms with van der Waals surface area (Å²) in [4.78, 5) is 9.62. The van der Waals surface area contributed by atoms with Gasteiger partial charge < -0.3 is 15.7 Å². The van der Waals surface area contributed by atoms with E-state index >= 15 is 0 Å². The number of aromatic nitrogens is 1. The zero-order valence-electron chi connectivity index (χ0n) is 16.9. The minimum Gasteiger partial charge on any atom is -0.380 e. The van der Waals surface area contributed by atoms with Crippen molar-refractivity contribution in [2.45, 2.75) is 25.9 Å². The van der Waals surface area contributed by atoms with Crippen LogP contribution < -0.4 is 16.3 Å². The topological polar surface area (TPSA) is 94.6 Å². The molecule has 1 saturated heterocycles. The van der Waals surface area contributed by atoms with Gasteiger partial charge in [0.05, 0.1) is 11.4 Å². The smallest absolute Gasteiger partial charge is 0.380 e. The first kappa shape index (κ1) is 21.7. The highest BCUT2D eigenvalue weighted by Crippen LogP contribution is 2.38. The Morgan fingerprint density at radius 2 is 2.10 bits per heavy atom. The van der Waals surface area contributed by atoms with Crippen LogP contribution in [0.5, 0.6) is 0 Å². The lowest BCUT2D eigenvalue weighted by Crippen LogP contribution is -2.40. The number of piperidine rings is 1. The van der Waals surface area contributed by atoms with Crippen LogP contribution in [0.1, 0.15) is 25.3 Å². The van der Waals surface area contributed by atoms with Crippen LogP contribution >= 0.6 is 11.6 Å². The van der Waals surface area contributed by atoms with E-state index in [9.17, 15) is 13.2 Å².